The van der Waals surface area contributed by atoms with Crippen molar-refractivity contribution < 1.29 is 27.4 Å². The van der Waals surface area contributed by atoms with Crippen molar-refractivity contribution in [1.82, 2.24) is 9.62 Å². The van der Waals surface area contributed by atoms with Gasteiger partial charge in [0.25, 0.3) is 0 Å². The summed E-state index contributed by atoms with van der Waals surface area (Å²) in [6.45, 7) is 5.53. The van der Waals surface area contributed by atoms with E-state index in [0.29, 0.717) is 37.1 Å². The summed E-state index contributed by atoms with van der Waals surface area (Å²) in [4.78, 5) is 2.43. The molecule has 0 bridgehead atoms. The van der Waals surface area contributed by atoms with Crippen LogP contribution in [0.25, 0.3) is 0 Å². The molecule has 0 amide bonds. The number of ether oxygens (including phenoxy) is 4. The van der Waals surface area contributed by atoms with Crippen LogP contribution in [0.5, 0.6) is 17.2 Å². The molecule has 4 rings (SSSR count). The molecule has 2 aromatic rings. The second-order valence-electron chi connectivity index (χ2n) is 7.03. The van der Waals surface area contributed by atoms with Crippen molar-refractivity contribution in [2.24, 2.45) is 0 Å². The summed E-state index contributed by atoms with van der Waals surface area (Å²) >= 11 is 0. The molecule has 1 saturated heterocycles. The summed E-state index contributed by atoms with van der Waals surface area (Å²) in [6.07, 6.45) is 0. The second kappa shape index (κ2) is 9.22. The van der Waals surface area contributed by atoms with E-state index in [2.05, 4.69) is 9.62 Å². The van der Waals surface area contributed by atoms with Gasteiger partial charge in [-0.1, -0.05) is 6.07 Å². The Balaban J connectivity index is 1.52. The maximum absolute atomic E-state index is 12.9. The van der Waals surface area contributed by atoms with Gasteiger partial charge in [-0.3, -0.25) is 4.90 Å². The van der Waals surface area contributed by atoms with Crippen LogP contribution in [0.4, 0.5) is 0 Å². The predicted molar refractivity (Wildman–Crippen MR) is 110 cm³/mol. The first kappa shape index (κ1) is 20.9. The Morgan fingerprint density at radius 2 is 1.80 bits per heavy atom. The van der Waals surface area contributed by atoms with Crippen LogP contribution in [0.1, 0.15) is 18.5 Å². The van der Waals surface area contributed by atoms with Crippen molar-refractivity contribution in [3.63, 3.8) is 0 Å². The molecule has 1 atom stereocenters. The molecule has 2 aromatic carbocycles. The molecule has 1 fully saturated rings. The Bertz CT molecular complexity index is 958. The zero-order valence-corrected chi connectivity index (χ0v) is 17.7. The van der Waals surface area contributed by atoms with Crippen LogP contribution in [0.15, 0.2) is 47.4 Å². The van der Waals surface area contributed by atoms with Crippen molar-refractivity contribution in [2.75, 3.05) is 46.2 Å². The Morgan fingerprint density at radius 3 is 2.53 bits per heavy atom. The second-order valence-corrected chi connectivity index (χ2v) is 8.80. The molecule has 0 unspecified atom stereocenters. The minimum absolute atomic E-state index is 0.152. The van der Waals surface area contributed by atoms with Gasteiger partial charge in [-0.25, -0.2) is 13.1 Å². The number of nitrogens with zero attached hydrogens (tertiary/aromatic N) is 1. The fourth-order valence-electron chi connectivity index (χ4n) is 3.62. The number of morpholine rings is 1. The third-order valence-electron chi connectivity index (χ3n) is 5.18. The Hall–Kier alpha value is -2.33. The van der Waals surface area contributed by atoms with Crippen LogP contribution in [0.3, 0.4) is 0 Å². The van der Waals surface area contributed by atoms with E-state index in [1.165, 1.54) is 0 Å². The van der Waals surface area contributed by atoms with Crippen molar-refractivity contribution in [2.45, 2.75) is 17.9 Å². The van der Waals surface area contributed by atoms with Crippen molar-refractivity contribution in [3.05, 3.63) is 48.0 Å². The first-order valence-corrected chi connectivity index (χ1v) is 11.5. The van der Waals surface area contributed by atoms with E-state index in [-0.39, 0.29) is 24.3 Å². The molecule has 30 heavy (non-hydrogen) atoms. The van der Waals surface area contributed by atoms with Gasteiger partial charge >= 0.3 is 0 Å². The van der Waals surface area contributed by atoms with Gasteiger partial charge in [0.2, 0.25) is 16.8 Å². The lowest BCUT2D eigenvalue weighted by molar-refractivity contribution is 0.0171. The van der Waals surface area contributed by atoms with Crippen LogP contribution in [0, 0.1) is 0 Å². The normalized spacial score (nSPS) is 17.6. The highest BCUT2D eigenvalue weighted by molar-refractivity contribution is 7.89. The highest BCUT2D eigenvalue weighted by atomic mass is 32.2. The smallest absolute Gasteiger partial charge is 0.240 e. The summed E-state index contributed by atoms with van der Waals surface area (Å²) < 4.78 is 50.3. The maximum Gasteiger partial charge on any atom is 0.240 e. The third-order valence-corrected chi connectivity index (χ3v) is 6.62. The van der Waals surface area contributed by atoms with E-state index in [4.69, 9.17) is 18.9 Å². The molecule has 1 N–H and O–H groups in total. The zero-order valence-electron chi connectivity index (χ0n) is 16.9. The summed E-state index contributed by atoms with van der Waals surface area (Å²) in [7, 11) is -3.66. The van der Waals surface area contributed by atoms with Gasteiger partial charge in [0.05, 0.1) is 24.7 Å². The van der Waals surface area contributed by atoms with Crippen molar-refractivity contribution >= 4 is 10.0 Å². The third kappa shape index (κ3) is 4.70. The summed E-state index contributed by atoms with van der Waals surface area (Å²) in [5.74, 6) is 2.03. The van der Waals surface area contributed by atoms with Crippen molar-refractivity contribution in [3.8, 4) is 17.2 Å². The van der Waals surface area contributed by atoms with Gasteiger partial charge in [-0.2, -0.15) is 0 Å². The molecular weight excluding hydrogens is 408 g/mol. The van der Waals surface area contributed by atoms with Gasteiger partial charge in [-0.05, 0) is 48.9 Å². The van der Waals surface area contributed by atoms with E-state index in [9.17, 15) is 8.42 Å². The van der Waals surface area contributed by atoms with Gasteiger partial charge in [-0.15, -0.1) is 0 Å². The number of nitrogens with one attached hydrogen (secondary N) is 1. The van der Waals surface area contributed by atoms with Crippen LogP contribution in [0.2, 0.25) is 0 Å². The highest BCUT2D eigenvalue weighted by Crippen LogP contribution is 2.35. The standard InChI is InChI=1S/C21H26N2O6S/c1-2-27-17-4-6-18(7-5-17)30(24,25)22-14-19(23-9-11-26-12-10-23)16-3-8-20-21(13-16)29-15-28-20/h3-8,13,19,22H,2,9-12,14-15H2,1H3/t19-/m1/s1. The van der Waals surface area contributed by atoms with E-state index in [0.717, 1.165) is 18.7 Å². The SMILES string of the molecule is CCOc1ccc(S(=O)(=O)NC[C@H](c2ccc3c(c2)OCO3)N2CCOCC2)cc1. The Labute approximate surface area is 176 Å². The molecule has 0 radical (unpaired) electrons. The van der Waals surface area contributed by atoms with E-state index >= 15 is 0 Å². The molecule has 0 spiro atoms. The van der Waals surface area contributed by atoms with Gasteiger partial charge < -0.3 is 18.9 Å². The van der Waals surface area contributed by atoms with Crippen LogP contribution in [-0.2, 0) is 14.8 Å². The van der Waals surface area contributed by atoms with Gasteiger partial charge in [0, 0.05) is 25.7 Å². The van der Waals surface area contributed by atoms with Crippen LogP contribution < -0.4 is 18.9 Å². The van der Waals surface area contributed by atoms with Crippen molar-refractivity contribution in [1.29, 1.82) is 0 Å². The molecule has 0 saturated carbocycles. The Morgan fingerprint density at radius 1 is 1.07 bits per heavy atom. The minimum atomic E-state index is -3.66. The monoisotopic (exact) mass is 434 g/mol. The van der Waals surface area contributed by atoms with E-state index in [1.54, 1.807) is 24.3 Å². The molecule has 9 heteroatoms. The van der Waals surface area contributed by atoms with Crippen LogP contribution >= 0.6 is 0 Å². The number of hydrogen-bond acceptors (Lipinski definition) is 7. The molecule has 0 aliphatic carbocycles. The maximum atomic E-state index is 12.9. The fraction of sp³-hybridized carbons (Fsp3) is 0.429. The molecule has 8 nitrogen and oxygen atoms in total. The summed E-state index contributed by atoms with van der Waals surface area (Å²) in [5.41, 5.74) is 0.968. The van der Waals surface area contributed by atoms with E-state index < -0.39 is 10.0 Å². The summed E-state index contributed by atoms with van der Waals surface area (Å²) in [6, 6.07) is 12.0. The predicted octanol–water partition coefficient (Wildman–Crippen LogP) is 2.17. The summed E-state index contributed by atoms with van der Waals surface area (Å²) in [5, 5.41) is 0. The molecule has 0 aromatic heterocycles. The topological polar surface area (TPSA) is 86.3 Å². The lowest BCUT2D eigenvalue weighted by Crippen LogP contribution is -2.43. The largest absolute Gasteiger partial charge is 0.494 e. The Kier molecular flexibility index (Phi) is 6.43. The van der Waals surface area contributed by atoms with Gasteiger partial charge in [0.15, 0.2) is 11.5 Å². The average molecular weight is 435 g/mol. The van der Waals surface area contributed by atoms with Gasteiger partial charge in [0.1, 0.15) is 5.75 Å². The number of benzene rings is 2. The molecule has 2 aliphatic heterocycles. The first-order valence-electron chi connectivity index (χ1n) is 10.0. The number of rotatable bonds is 8. The molecule has 2 heterocycles. The first-order chi connectivity index (χ1) is 14.6. The number of sulfonamides is 1. The number of hydrogen-bond donors (Lipinski definition) is 1. The highest BCUT2D eigenvalue weighted by Gasteiger charge is 2.27. The molecule has 162 valence electrons. The minimum Gasteiger partial charge on any atom is -0.494 e. The quantitative estimate of drug-likeness (QED) is 0.681. The lowest BCUT2D eigenvalue weighted by atomic mass is 10.0. The lowest BCUT2D eigenvalue weighted by Gasteiger charge is -2.35. The molecular formula is C21H26N2O6S. The number of fused-ring (bicyclic) bond motifs is 1. The zero-order chi connectivity index (χ0) is 21.0. The fourth-order valence-corrected chi connectivity index (χ4v) is 4.66. The van der Waals surface area contributed by atoms with Crippen LogP contribution in [-0.4, -0.2) is 59.6 Å². The average Bonchev–Trinajstić information content (AvgIpc) is 3.23. The van der Waals surface area contributed by atoms with E-state index in [1.807, 2.05) is 25.1 Å². The molecule has 2 aliphatic rings.